The van der Waals surface area contributed by atoms with Crippen LogP contribution < -0.4 is 4.74 Å². The van der Waals surface area contributed by atoms with Crippen molar-refractivity contribution in [3.8, 4) is 5.75 Å². The number of hydrogen-bond donors (Lipinski definition) is 0. The third-order valence-electron chi connectivity index (χ3n) is 2.57. The Morgan fingerprint density at radius 2 is 2.22 bits per heavy atom. The Kier molecular flexibility index (Phi) is 3.62. The molecule has 0 radical (unpaired) electrons. The van der Waals surface area contributed by atoms with Gasteiger partial charge in [0.25, 0.3) is 5.91 Å². The normalized spacial score (nSPS) is 14.9. The summed E-state index contributed by atoms with van der Waals surface area (Å²) >= 11 is 0. The van der Waals surface area contributed by atoms with Gasteiger partial charge >= 0.3 is 6.09 Å². The van der Waals surface area contributed by atoms with Gasteiger partial charge in [-0.15, -0.1) is 0 Å². The Morgan fingerprint density at radius 3 is 2.89 bits per heavy atom. The molecular formula is C13H13NO4. The first-order chi connectivity index (χ1) is 8.72. The number of ether oxygens (including phenoxy) is 2. The summed E-state index contributed by atoms with van der Waals surface area (Å²) in [7, 11) is 1.56. The molecule has 18 heavy (non-hydrogen) atoms. The molecule has 0 saturated carbocycles. The summed E-state index contributed by atoms with van der Waals surface area (Å²) in [5.41, 5.74) is 0.779. The van der Waals surface area contributed by atoms with Gasteiger partial charge in [0.05, 0.1) is 13.7 Å². The minimum Gasteiger partial charge on any atom is -0.496 e. The number of rotatable bonds is 3. The number of amides is 2. The zero-order chi connectivity index (χ0) is 13.0. The second-order valence-corrected chi connectivity index (χ2v) is 3.68. The molecule has 0 atom stereocenters. The van der Waals surface area contributed by atoms with Crippen LogP contribution in [-0.2, 0) is 9.53 Å². The van der Waals surface area contributed by atoms with Gasteiger partial charge in [-0.05, 0) is 12.1 Å². The third kappa shape index (κ3) is 2.51. The molecule has 0 unspecified atom stereocenters. The van der Waals surface area contributed by atoms with Crippen LogP contribution in [0.1, 0.15) is 5.56 Å². The van der Waals surface area contributed by atoms with Crippen molar-refractivity contribution in [2.45, 2.75) is 0 Å². The first kappa shape index (κ1) is 12.2. The Morgan fingerprint density at radius 1 is 1.44 bits per heavy atom. The highest BCUT2D eigenvalue weighted by Crippen LogP contribution is 2.18. The number of para-hydroxylation sites is 1. The zero-order valence-corrected chi connectivity index (χ0v) is 9.96. The molecule has 0 N–H and O–H groups in total. The molecule has 5 nitrogen and oxygen atoms in total. The number of cyclic esters (lactones) is 1. The minimum absolute atomic E-state index is 0.257. The summed E-state index contributed by atoms with van der Waals surface area (Å²) in [6, 6.07) is 7.31. The first-order valence-electron chi connectivity index (χ1n) is 5.51. The standard InChI is InChI=1S/C13H13NO4/c1-17-11-5-3-2-4-10(11)6-7-12(15)14-8-9-18-13(14)16/h2-7H,8-9H2,1H3. The minimum atomic E-state index is -0.593. The van der Waals surface area contributed by atoms with Crippen molar-refractivity contribution in [2.75, 3.05) is 20.3 Å². The van der Waals surface area contributed by atoms with E-state index in [1.54, 1.807) is 19.3 Å². The van der Waals surface area contributed by atoms with Crippen LogP contribution in [0.5, 0.6) is 5.75 Å². The van der Waals surface area contributed by atoms with E-state index in [1.807, 2.05) is 18.2 Å². The second-order valence-electron chi connectivity index (χ2n) is 3.68. The lowest BCUT2D eigenvalue weighted by Crippen LogP contribution is -2.29. The van der Waals surface area contributed by atoms with Crippen LogP contribution in [0, 0.1) is 0 Å². The SMILES string of the molecule is COc1ccccc1C=CC(=O)N1CCOC1=O. The quantitative estimate of drug-likeness (QED) is 0.763. The summed E-state index contributed by atoms with van der Waals surface area (Å²) < 4.78 is 9.85. The lowest BCUT2D eigenvalue weighted by molar-refractivity contribution is -0.122. The smallest absolute Gasteiger partial charge is 0.416 e. The molecule has 2 amide bonds. The molecule has 0 spiro atoms. The number of nitrogens with zero attached hydrogens (tertiary/aromatic N) is 1. The van der Waals surface area contributed by atoms with Gasteiger partial charge < -0.3 is 9.47 Å². The Hall–Kier alpha value is -2.30. The van der Waals surface area contributed by atoms with E-state index in [9.17, 15) is 9.59 Å². The van der Waals surface area contributed by atoms with Gasteiger partial charge in [0, 0.05) is 11.6 Å². The van der Waals surface area contributed by atoms with Crippen LogP contribution in [0.3, 0.4) is 0 Å². The van der Waals surface area contributed by atoms with E-state index in [-0.39, 0.29) is 12.5 Å². The zero-order valence-electron chi connectivity index (χ0n) is 9.96. The van der Waals surface area contributed by atoms with Gasteiger partial charge in [-0.25, -0.2) is 9.69 Å². The van der Waals surface area contributed by atoms with Crippen molar-refractivity contribution < 1.29 is 19.1 Å². The van der Waals surface area contributed by atoms with Crippen molar-refractivity contribution in [2.24, 2.45) is 0 Å². The fraction of sp³-hybridized carbons (Fsp3) is 0.231. The molecule has 1 aromatic rings. The van der Waals surface area contributed by atoms with E-state index < -0.39 is 6.09 Å². The van der Waals surface area contributed by atoms with Gasteiger partial charge in [0.15, 0.2) is 0 Å². The van der Waals surface area contributed by atoms with Gasteiger partial charge in [-0.2, -0.15) is 0 Å². The summed E-state index contributed by atoms with van der Waals surface area (Å²) in [6.07, 6.45) is 2.36. The van der Waals surface area contributed by atoms with Gasteiger partial charge in [0.2, 0.25) is 0 Å². The van der Waals surface area contributed by atoms with Crippen LogP contribution in [0.4, 0.5) is 4.79 Å². The maximum absolute atomic E-state index is 11.7. The molecule has 1 aliphatic rings. The predicted octanol–water partition coefficient (Wildman–Crippen LogP) is 1.69. The van der Waals surface area contributed by atoms with Crippen molar-refractivity contribution in [1.29, 1.82) is 0 Å². The van der Waals surface area contributed by atoms with Gasteiger partial charge in [-0.3, -0.25) is 4.79 Å². The first-order valence-corrected chi connectivity index (χ1v) is 5.51. The average Bonchev–Trinajstić information content (AvgIpc) is 2.82. The van der Waals surface area contributed by atoms with E-state index in [0.29, 0.717) is 12.3 Å². The predicted molar refractivity (Wildman–Crippen MR) is 65.1 cm³/mol. The lowest BCUT2D eigenvalue weighted by Gasteiger charge is -2.07. The van der Waals surface area contributed by atoms with Crippen LogP contribution in [0.25, 0.3) is 6.08 Å². The highest BCUT2D eigenvalue weighted by molar-refractivity contribution is 6.01. The molecule has 2 rings (SSSR count). The number of carbonyl (C=O) groups is 2. The third-order valence-corrected chi connectivity index (χ3v) is 2.57. The maximum atomic E-state index is 11.7. The molecule has 0 aromatic heterocycles. The van der Waals surface area contributed by atoms with Crippen molar-refractivity contribution in [3.63, 3.8) is 0 Å². The number of methoxy groups -OCH3 is 1. The van der Waals surface area contributed by atoms with Crippen molar-refractivity contribution in [3.05, 3.63) is 35.9 Å². The Balaban J connectivity index is 2.10. The number of benzene rings is 1. The molecule has 1 aliphatic heterocycles. The van der Waals surface area contributed by atoms with E-state index >= 15 is 0 Å². The summed E-state index contributed by atoms with van der Waals surface area (Å²) in [4.78, 5) is 24.0. The molecule has 94 valence electrons. The second kappa shape index (κ2) is 5.35. The molecule has 0 aliphatic carbocycles. The Labute approximate surface area is 105 Å². The number of carbonyl (C=O) groups excluding carboxylic acids is 2. The molecule has 5 heteroatoms. The summed E-state index contributed by atoms with van der Waals surface area (Å²) in [5.74, 6) is 0.286. The molecule has 1 saturated heterocycles. The maximum Gasteiger partial charge on any atom is 0.416 e. The van der Waals surface area contributed by atoms with Crippen molar-refractivity contribution >= 4 is 18.1 Å². The van der Waals surface area contributed by atoms with E-state index in [1.165, 1.54) is 6.08 Å². The van der Waals surface area contributed by atoms with Gasteiger partial charge in [-0.1, -0.05) is 18.2 Å². The van der Waals surface area contributed by atoms with Crippen LogP contribution >= 0.6 is 0 Å². The number of hydrogen-bond acceptors (Lipinski definition) is 4. The summed E-state index contributed by atoms with van der Waals surface area (Å²) in [5, 5.41) is 0. The topological polar surface area (TPSA) is 55.8 Å². The highest BCUT2D eigenvalue weighted by atomic mass is 16.6. The largest absolute Gasteiger partial charge is 0.496 e. The average molecular weight is 247 g/mol. The summed E-state index contributed by atoms with van der Waals surface area (Å²) in [6.45, 7) is 0.557. The number of imide groups is 1. The fourth-order valence-corrected chi connectivity index (χ4v) is 1.65. The van der Waals surface area contributed by atoms with E-state index in [4.69, 9.17) is 9.47 Å². The lowest BCUT2D eigenvalue weighted by atomic mass is 10.2. The Bertz CT molecular complexity index is 496. The van der Waals surface area contributed by atoms with Crippen LogP contribution in [0.15, 0.2) is 30.3 Å². The van der Waals surface area contributed by atoms with Gasteiger partial charge in [0.1, 0.15) is 12.4 Å². The van der Waals surface area contributed by atoms with Crippen molar-refractivity contribution in [1.82, 2.24) is 4.90 Å². The van der Waals surface area contributed by atoms with Crippen LogP contribution in [0.2, 0.25) is 0 Å². The highest BCUT2D eigenvalue weighted by Gasteiger charge is 2.26. The molecule has 0 bridgehead atoms. The molecular weight excluding hydrogens is 234 g/mol. The molecule has 1 heterocycles. The molecule has 1 fully saturated rings. The fourth-order valence-electron chi connectivity index (χ4n) is 1.65. The van der Waals surface area contributed by atoms with E-state index in [2.05, 4.69) is 0 Å². The van der Waals surface area contributed by atoms with Crippen LogP contribution in [-0.4, -0.2) is 37.2 Å². The monoisotopic (exact) mass is 247 g/mol. The molecule has 1 aromatic carbocycles. The van der Waals surface area contributed by atoms with E-state index in [0.717, 1.165) is 10.5 Å².